The van der Waals surface area contributed by atoms with Crippen molar-refractivity contribution in [2.45, 2.75) is 32.6 Å². The zero-order valence-electron chi connectivity index (χ0n) is 17.5. The molecule has 0 saturated carbocycles. The molecule has 1 unspecified atom stereocenters. The Labute approximate surface area is 185 Å². The first kappa shape index (κ1) is 22.2. The van der Waals surface area contributed by atoms with Gasteiger partial charge in [-0.25, -0.2) is 9.97 Å². The minimum atomic E-state index is -4.47. The monoisotopic (exact) mass is 461 g/mol. The second-order valence-electron chi connectivity index (χ2n) is 7.43. The number of anilines is 1. The summed E-state index contributed by atoms with van der Waals surface area (Å²) in [5.74, 6) is -0.695. The van der Waals surface area contributed by atoms with Crippen molar-refractivity contribution in [2.75, 3.05) is 11.9 Å². The van der Waals surface area contributed by atoms with Gasteiger partial charge in [-0.05, 0) is 31.5 Å². The van der Waals surface area contributed by atoms with Crippen LogP contribution in [0.25, 0.3) is 0 Å². The normalized spacial score (nSPS) is 14.2. The minimum Gasteiger partial charge on any atom is -0.468 e. The molecule has 3 aromatic heterocycles. The van der Waals surface area contributed by atoms with Crippen LogP contribution in [0.5, 0.6) is 5.88 Å². The van der Waals surface area contributed by atoms with Crippen molar-refractivity contribution in [3.63, 3.8) is 0 Å². The molecule has 3 aromatic rings. The van der Waals surface area contributed by atoms with E-state index in [0.29, 0.717) is 22.3 Å². The Bertz CT molecular complexity index is 1200. The molecule has 1 aliphatic rings. The van der Waals surface area contributed by atoms with Crippen LogP contribution >= 0.6 is 0 Å². The van der Waals surface area contributed by atoms with Crippen LogP contribution < -0.4 is 10.1 Å². The number of hydrogen-bond donors (Lipinski definition) is 1. The number of ether oxygens (including phenoxy) is 1. The number of aryl methyl sites for hydroxylation is 1. The van der Waals surface area contributed by atoms with Crippen LogP contribution in [-0.4, -0.2) is 44.6 Å². The number of carbonyl (C=O) groups is 2. The lowest BCUT2D eigenvalue weighted by Crippen LogP contribution is -2.27. The molecule has 12 heteroatoms. The SMILES string of the molecule is Cc1cc(C(C)N2Cc3c(ccnc3NC(=O)c3ccon3)C2=O)cnc1OCC(F)(F)F. The first-order valence-corrected chi connectivity index (χ1v) is 9.80. The van der Waals surface area contributed by atoms with Gasteiger partial charge in [0, 0.05) is 35.2 Å². The fourth-order valence-electron chi connectivity index (χ4n) is 3.47. The summed E-state index contributed by atoms with van der Waals surface area (Å²) in [6.45, 7) is 2.09. The molecule has 2 amide bonds. The summed E-state index contributed by atoms with van der Waals surface area (Å²) >= 11 is 0. The number of aromatic nitrogens is 3. The van der Waals surface area contributed by atoms with Gasteiger partial charge in [0.15, 0.2) is 12.3 Å². The van der Waals surface area contributed by atoms with Crippen molar-refractivity contribution >= 4 is 17.6 Å². The standard InChI is InChI=1S/C21H18F3N5O4/c1-11-7-13(8-26-19(11)32-10-21(22,23)24)12(2)29-9-15-14(20(29)31)3-5-25-17(15)27-18(30)16-4-6-33-28-16/h3-8,12H,9-10H2,1-2H3,(H,25,27,30). The number of carbonyl (C=O) groups excluding carboxylic acids is 2. The number of pyridine rings is 2. The minimum absolute atomic E-state index is 0.0679. The molecule has 0 aromatic carbocycles. The van der Waals surface area contributed by atoms with Crippen molar-refractivity contribution in [1.82, 2.24) is 20.0 Å². The van der Waals surface area contributed by atoms with E-state index in [4.69, 9.17) is 4.74 Å². The number of halogens is 3. The van der Waals surface area contributed by atoms with Gasteiger partial charge in [0.2, 0.25) is 5.88 Å². The van der Waals surface area contributed by atoms with E-state index in [9.17, 15) is 22.8 Å². The topological polar surface area (TPSA) is 110 Å². The van der Waals surface area contributed by atoms with Crippen LogP contribution in [-0.2, 0) is 6.54 Å². The lowest BCUT2D eigenvalue weighted by atomic mass is 10.1. The molecule has 0 fully saturated rings. The third kappa shape index (κ3) is 4.64. The number of rotatable bonds is 6. The first-order valence-electron chi connectivity index (χ1n) is 9.80. The van der Waals surface area contributed by atoms with Crippen molar-refractivity contribution in [2.24, 2.45) is 0 Å². The van der Waals surface area contributed by atoms with Gasteiger partial charge in [0.25, 0.3) is 11.8 Å². The molecular weight excluding hydrogens is 443 g/mol. The smallest absolute Gasteiger partial charge is 0.422 e. The molecule has 1 aliphatic heterocycles. The van der Waals surface area contributed by atoms with Gasteiger partial charge in [-0.1, -0.05) is 5.16 Å². The van der Waals surface area contributed by atoms with Gasteiger partial charge in [-0.15, -0.1) is 0 Å². The Morgan fingerprint density at radius 3 is 2.79 bits per heavy atom. The molecule has 172 valence electrons. The van der Waals surface area contributed by atoms with Crippen LogP contribution in [0, 0.1) is 6.92 Å². The van der Waals surface area contributed by atoms with Crippen molar-refractivity contribution < 1.29 is 32.0 Å². The molecule has 33 heavy (non-hydrogen) atoms. The fraction of sp³-hybridized carbons (Fsp3) is 0.286. The lowest BCUT2D eigenvalue weighted by molar-refractivity contribution is -0.154. The number of fused-ring (bicyclic) bond motifs is 1. The molecule has 1 N–H and O–H groups in total. The Morgan fingerprint density at radius 2 is 2.12 bits per heavy atom. The third-order valence-electron chi connectivity index (χ3n) is 5.15. The van der Waals surface area contributed by atoms with E-state index in [1.807, 2.05) is 0 Å². The van der Waals surface area contributed by atoms with Crippen molar-refractivity contribution in [3.05, 3.63) is 64.8 Å². The molecule has 4 heterocycles. The Morgan fingerprint density at radius 1 is 1.33 bits per heavy atom. The molecular formula is C21H18F3N5O4. The molecule has 0 saturated heterocycles. The summed E-state index contributed by atoms with van der Waals surface area (Å²) in [5, 5.41) is 6.21. The lowest BCUT2D eigenvalue weighted by Gasteiger charge is -2.25. The number of nitrogens with zero attached hydrogens (tertiary/aromatic N) is 4. The maximum atomic E-state index is 13.0. The van der Waals surface area contributed by atoms with Crippen molar-refractivity contribution in [3.8, 4) is 5.88 Å². The second-order valence-corrected chi connectivity index (χ2v) is 7.43. The maximum Gasteiger partial charge on any atom is 0.422 e. The quantitative estimate of drug-likeness (QED) is 0.596. The first-order chi connectivity index (χ1) is 15.6. The van der Waals surface area contributed by atoms with Crippen LogP contribution in [0.2, 0.25) is 0 Å². The van der Waals surface area contributed by atoms with Crippen LogP contribution in [0.15, 0.2) is 41.4 Å². The van der Waals surface area contributed by atoms with Gasteiger partial charge in [0.1, 0.15) is 12.1 Å². The summed E-state index contributed by atoms with van der Waals surface area (Å²) in [5.41, 5.74) is 2.03. The summed E-state index contributed by atoms with van der Waals surface area (Å²) in [7, 11) is 0. The third-order valence-corrected chi connectivity index (χ3v) is 5.15. The highest BCUT2D eigenvalue weighted by Crippen LogP contribution is 2.34. The summed E-state index contributed by atoms with van der Waals surface area (Å²) < 4.78 is 46.6. The summed E-state index contributed by atoms with van der Waals surface area (Å²) in [6.07, 6.45) is -0.407. The van der Waals surface area contributed by atoms with Gasteiger partial charge in [0.05, 0.1) is 12.6 Å². The van der Waals surface area contributed by atoms with Gasteiger partial charge >= 0.3 is 6.18 Å². The highest BCUT2D eigenvalue weighted by atomic mass is 19.4. The molecule has 0 radical (unpaired) electrons. The largest absolute Gasteiger partial charge is 0.468 e. The van der Waals surface area contributed by atoms with E-state index in [0.717, 1.165) is 0 Å². The molecule has 4 rings (SSSR count). The number of alkyl halides is 3. The van der Waals surface area contributed by atoms with Gasteiger partial charge in [-0.2, -0.15) is 13.2 Å². The summed E-state index contributed by atoms with van der Waals surface area (Å²) in [6, 6.07) is 4.14. The number of amides is 2. The van der Waals surface area contributed by atoms with E-state index in [-0.39, 0.29) is 29.8 Å². The van der Waals surface area contributed by atoms with Gasteiger partial charge < -0.3 is 19.5 Å². The maximum absolute atomic E-state index is 13.0. The van der Waals surface area contributed by atoms with E-state index in [1.54, 1.807) is 30.9 Å². The Kier molecular flexibility index (Phi) is 5.75. The summed E-state index contributed by atoms with van der Waals surface area (Å²) in [4.78, 5) is 35.1. The van der Waals surface area contributed by atoms with Crippen LogP contribution in [0.3, 0.4) is 0 Å². The Balaban J connectivity index is 1.52. The highest BCUT2D eigenvalue weighted by molar-refractivity contribution is 6.05. The molecule has 1 atom stereocenters. The zero-order chi connectivity index (χ0) is 23.8. The number of hydrogen-bond acceptors (Lipinski definition) is 7. The molecule has 0 aliphatic carbocycles. The van der Waals surface area contributed by atoms with Gasteiger partial charge in [-0.3, -0.25) is 9.59 Å². The molecule has 0 spiro atoms. The van der Waals surface area contributed by atoms with E-state index in [1.165, 1.54) is 24.7 Å². The van der Waals surface area contributed by atoms with Crippen LogP contribution in [0.4, 0.5) is 19.0 Å². The van der Waals surface area contributed by atoms with Crippen molar-refractivity contribution in [1.29, 1.82) is 0 Å². The Hall–Kier alpha value is -3.96. The zero-order valence-corrected chi connectivity index (χ0v) is 17.5. The van der Waals surface area contributed by atoms with E-state index in [2.05, 4.69) is 25.0 Å². The number of nitrogens with one attached hydrogen (secondary N) is 1. The highest BCUT2D eigenvalue weighted by Gasteiger charge is 2.34. The fourth-order valence-corrected chi connectivity index (χ4v) is 3.47. The molecule has 9 nitrogen and oxygen atoms in total. The average Bonchev–Trinajstić information content (AvgIpc) is 3.41. The second kappa shape index (κ2) is 8.52. The van der Waals surface area contributed by atoms with E-state index >= 15 is 0 Å². The predicted octanol–water partition coefficient (Wildman–Crippen LogP) is 3.68. The van der Waals surface area contributed by atoms with E-state index < -0.39 is 24.7 Å². The average molecular weight is 461 g/mol. The predicted molar refractivity (Wildman–Crippen MR) is 108 cm³/mol. The van der Waals surface area contributed by atoms with Crippen LogP contribution in [0.1, 0.15) is 50.5 Å². The molecule has 0 bridgehead atoms.